The van der Waals surface area contributed by atoms with Gasteiger partial charge in [0.2, 0.25) is 0 Å². The standard InChI is InChI=1S/C7H16.C6H15N.C2H6/c2*1-3-5-7-6-4-2;1-2/h3-7H2,1-2H3;7H,3-6H2,1-2H3;1-2H3. The average Bonchev–Trinajstić information content (AvgIpc) is 2.34. The Kier molecular flexibility index (Phi) is 39.1. The normalized spacial score (nSPS) is 8.62. The van der Waals surface area contributed by atoms with E-state index in [1.807, 2.05) is 13.8 Å². The maximum atomic E-state index is 3.28. The van der Waals surface area contributed by atoms with Gasteiger partial charge >= 0.3 is 0 Å². The van der Waals surface area contributed by atoms with Gasteiger partial charge in [-0.1, -0.05) is 73.6 Å². The molecule has 0 aromatic rings. The van der Waals surface area contributed by atoms with Gasteiger partial charge in [0.25, 0.3) is 0 Å². The van der Waals surface area contributed by atoms with Gasteiger partial charge in [0.15, 0.2) is 0 Å². The van der Waals surface area contributed by atoms with Gasteiger partial charge in [0, 0.05) is 0 Å². The predicted octanol–water partition coefficient (Wildman–Crippen LogP) is 5.40. The molecule has 0 unspecified atom stereocenters. The van der Waals surface area contributed by atoms with Gasteiger partial charge in [-0.2, -0.15) is 0 Å². The maximum absolute atomic E-state index is 3.28. The SMILES string of the molecule is CC.CCCCCCC.CCCNCCC. The van der Waals surface area contributed by atoms with Crippen molar-refractivity contribution in [3.8, 4) is 0 Å². The molecular weight excluding hydrogens is 194 g/mol. The van der Waals surface area contributed by atoms with Gasteiger partial charge in [0.05, 0.1) is 0 Å². The lowest BCUT2D eigenvalue weighted by Gasteiger charge is -1.95. The van der Waals surface area contributed by atoms with Gasteiger partial charge in [-0.25, -0.2) is 0 Å². The van der Waals surface area contributed by atoms with Crippen molar-refractivity contribution in [1.29, 1.82) is 0 Å². The third kappa shape index (κ3) is 37.0. The van der Waals surface area contributed by atoms with E-state index in [0.717, 1.165) is 0 Å². The smallest absolute Gasteiger partial charge is 0.00516 e. The van der Waals surface area contributed by atoms with Gasteiger partial charge in [-0.15, -0.1) is 0 Å². The zero-order valence-electron chi connectivity index (χ0n) is 12.9. The van der Waals surface area contributed by atoms with Crippen LogP contribution in [0.1, 0.15) is 86.5 Å². The third-order valence-electron chi connectivity index (χ3n) is 2.06. The van der Waals surface area contributed by atoms with E-state index < -0.39 is 0 Å². The second-order valence-corrected chi connectivity index (χ2v) is 3.81. The molecule has 0 fully saturated rings. The second kappa shape index (κ2) is 29.4. The third-order valence-corrected chi connectivity index (χ3v) is 2.06. The summed E-state index contributed by atoms with van der Waals surface area (Å²) in [6.07, 6.45) is 9.51. The van der Waals surface area contributed by atoms with Crippen LogP contribution in [0.3, 0.4) is 0 Å². The highest BCUT2D eigenvalue weighted by Crippen LogP contribution is 2.00. The first-order chi connectivity index (χ1) is 7.83. The minimum absolute atomic E-state index is 1.17. The Labute approximate surface area is 105 Å². The zero-order chi connectivity index (χ0) is 13.1. The molecule has 0 rings (SSSR count). The fourth-order valence-electron chi connectivity index (χ4n) is 1.16. The summed E-state index contributed by atoms with van der Waals surface area (Å²) in [5.41, 5.74) is 0. The highest BCUT2D eigenvalue weighted by atomic mass is 14.8. The molecule has 0 aliphatic heterocycles. The largest absolute Gasteiger partial charge is 0.317 e. The highest BCUT2D eigenvalue weighted by Gasteiger charge is 1.80. The van der Waals surface area contributed by atoms with Crippen LogP contribution in [0.2, 0.25) is 0 Å². The van der Waals surface area contributed by atoms with E-state index in [2.05, 4.69) is 33.0 Å². The second-order valence-electron chi connectivity index (χ2n) is 3.81. The van der Waals surface area contributed by atoms with Gasteiger partial charge in [-0.3, -0.25) is 0 Å². The molecule has 0 aromatic carbocycles. The van der Waals surface area contributed by atoms with Crippen molar-refractivity contribution in [2.75, 3.05) is 13.1 Å². The molecule has 0 heterocycles. The Morgan fingerprint density at radius 1 is 0.562 bits per heavy atom. The number of rotatable bonds is 8. The summed E-state index contributed by atoms with van der Waals surface area (Å²) in [7, 11) is 0. The Morgan fingerprint density at radius 2 is 0.938 bits per heavy atom. The summed E-state index contributed by atoms with van der Waals surface area (Å²) in [6.45, 7) is 15.2. The molecule has 102 valence electrons. The van der Waals surface area contributed by atoms with E-state index in [-0.39, 0.29) is 0 Å². The van der Waals surface area contributed by atoms with Crippen molar-refractivity contribution in [2.45, 2.75) is 86.5 Å². The quantitative estimate of drug-likeness (QED) is 0.552. The molecule has 16 heavy (non-hydrogen) atoms. The van der Waals surface area contributed by atoms with Gasteiger partial charge in [-0.05, 0) is 25.9 Å². The van der Waals surface area contributed by atoms with Gasteiger partial charge < -0.3 is 5.32 Å². The monoisotopic (exact) mass is 231 g/mol. The molecule has 0 spiro atoms. The van der Waals surface area contributed by atoms with Crippen LogP contribution in [0.15, 0.2) is 0 Å². The van der Waals surface area contributed by atoms with Crippen LogP contribution in [-0.4, -0.2) is 13.1 Å². The Bertz CT molecular complexity index is 53.8. The van der Waals surface area contributed by atoms with Crippen LogP contribution in [0.5, 0.6) is 0 Å². The minimum Gasteiger partial charge on any atom is -0.317 e. The molecule has 1 nitrogen and oxygen atoms in total. The molecule has 0 amide bonds. The van der Waals surface area contributed by atoms with E-state index in [1.165, 1.54) is 58.0 Å². The van der Waals surface area contributed by atoms with Crippen molar-refractivity contribution >= 4 is 0 Å². The highest BCUT2D eigenvalue weighted by molar-refractivity contribution is 4.40. The molecule has 0 aliphatic rings. The molecule has 0 saturated heterocycles. The Hall–Kier alpha value is -0.0400. The lowest BCUT2D eigenvalue weighted by atomic mass is 10.2. The minimum atomic E-state index is 1.17. The Balaban J connectivity index is -0.000000183. The van der Waals surface area contributed by atoms with Crippen LogP contribution in [0.25, 0.3) is 0 Å². The molecule has 0 atom stereocenters. The number of hydrogen-bond donors (Lipinski definition) is 1. The molecule has 0 aromatic heterocycles. The molecule has 0 radical (unpaired) electrons. The number of unbranched alkanes of at least 4 members (excludes halogenated alkanes) is 4. The van der Waals surface area contributed by atoms with E-state index in [1.54, 1.807) is 0 Å². The van der Waals surface area contributed by atoms with Crippen molar-refractivity contribution in [1.82, 2.24) is 5.32 Å². The van der Waals surface area contributed by atoms with Gasteiger partial charge in [0.1, 0.15) is 0 Å². The summed E-state index contributed by atoms with van der Waals surface area (Å²) in [4.78, 5) is 0. The first kappa shape index (κ1) is 21.3. The van der Waals surface area contributed by atoms with Crippen LogP contribution >= 0.6 is 0 Å². The van der Waals surface area contributed by atoms with E-state index in [9.17, 15) is 0 Å². The van der Waals surface area contributed by atoms with Crippen molar-refractivity contribution in [3.05, 3.63) is 0 Å². The zero-order valence-corrected chi connectivity index (χ0v) is 12.9. The summed E-state index contributed by atoms with van der Waals surface area (Å²) in [5, 5.41) is 3.28. The van der Waals surface area contributed by atoms with Crippen molar-refractivity contribution in [2.24, 2.45) is 0 Å². The maximum Gasteiger partial charge on any atom is -0.00516 e. The fourth-order valence-corrected chi connectivity index (χ4v) is 1.16. The molecule has 0 aliphatic carbocycles. The van der Waals surface area contributed by atoms with Crippen molar-refractivity contribution < 1.29 is 0 Å². The fraction of sp³-hybridized carbons (Fsp3) is 1.00. The molecule has 0 bridgehead atoms. The first-order valence-corrected chi connectivity index (χ1v) is 7.54. The number of hydrogen-bond acceptors (Lipinski definition) is 1. The first-order valence-electron chi connectivity index (χ1n) is 7.54. The van der Waals surface area contributed by atoms with Crippen LogP contribution < -0.4 is 5.32 Å². The van der Waals surface area contributed by atoms with Crippen LogP contribution in [0.4, 0.5) is 0 Å². The van der Waals surface area contributed by atoms with E-state index >= 15 is 0 Å². The summed E-state index contributed by atoms with van der Waals surface area (Å²) < 4.78 is 0. The van der Waals surface area contributed by atoms with Crippen molar-refractivity contribution in [3.63, 3.8) is 0 Å². The molecular formula is C15H37N. The Morgan fingerprint density at radius 3 is 1.19 bits per heavy atom. The average molecular weight is 231 g/mol. The summed E-state index contributed by atoms with van der Waals surface area (Å²) >= 11 is 0. The van der Waals surface area contributed by atoms with Crippen LogP contribution in [0, 0.1) is 0 Å². The van der Waals surface area contributed by atoms with Crippen LogP contribution in [-0.2, 0) is 0 Å². The molecule has 1 heteroatoms. The summed E-state index contributed by atoms with van der Waals surface area (Å²) in [5.74, 6) is 0. The molecule has 1 N–H and O–H groups in total. The lowest BCUT2D eigenvalue weighted by Crippen LogP contribution is -2.14. The predicted molar refractivity (Wildman–Crippen MR) is 79.2 cm³/mol. The molecule has 0 saturated carbocycles. The van der Waals surface area contributed by atoms with E-state index in [4.69, 9.17) is 0 Å². The lowest BCUT2D eigenvalue weighted by molar-refractivity contribution is 0.656. The van der Waals surface area contributed by atoms with E-state index in [0.29, 0.717) is 0 Å². The topological polar surface area (TPSA) is 12.0 Å². The number of nitrogens with one attached hydrogen (secondary N) is 1. The summed E-state index contributed by atoms with van der Waals surface area (Å²) in [6, 6.07) is 0.